The van der Waals surface area contributed by atoms with Crippen molar-refractivity contribution in [3.8, 4) is 11.5 Å². The minimum atomic E-state index is -1.13. The van der Waals surface area contributed by atoms with Gasteiger partial charge >= 0.3 is 5.97 Å². The fourth-order valence-corrected chi connectivity index (χ4v) is 13.6. The van der Waals surface area contributed by atoms with Gasteiger partial charge in [0.2, 0.25) is 0 Å². The smallest absolute Gasteiger partial charge is 0.303 e. The molecule has 1 unspecified atom stereocenters. The quantitative estimate of drug-likeness (QED) is 0.0728. The van der Waals surface area contributed by atoms with E-state index in [2.05, 4.69) is 25.8 Å². The summed E-state index contributed by atoms with van der Waals surface area (Å²) in [6.45, 7) is 11.0. The van der Waals surface area contributed by atoms with Crippen LogP contribution in [0.4, 0.5) is 0 Å². The lowest BCUT2D eigenvalue weighted by atomic mass is 9.44. The summed E-state index contributed by atoms with van der Waals surface area (Å²) >= 11 is 24.5. The third-order valence-corrected chi connectivity index (χ3v) is 17.9. The van der Waals surface area contributed by atoms with Crippen LogP contribution in [0.15, 0.2) is 90.6 Å². The Labute approximate surface area is 457 Å². The van der Waals surface area contributed by atoms with Gasteiger partial charge in [-0.2, -0.15) is 0 Å². The summed E-state index contributed by atoms with van der Waals surface area (Å²) in [7, 11) is 0. The van der Waals surface area contributed by atoms with Crippen LogP contribution in [-0.4, -0.2) is 71.0 Å². The van der Waals surface area contributed by atoms with Crippen LogP contribution in [0.25, 0.3) is 0 Å². The number of carboxylic acid groups (broad SMARTS) is 1. The summed E-state index contributed by atoms with van der Waals surface area (Å²) < 4.78 is 8.05. The van der Waals surface area contributed by atoms with Gasteiger partial charge in [-0.1, -0.05) is 91.0 Å². The standard InChI is InChI=1S/C24H34O5.C18H14Cl4N2O.C16H16O5/c1-13(4-7-21(28)29)16-5-6-17-22-18(12-20(27)24(16,17)3)23(2)9-8-15(25)10-14(23)11-19(22)26;19-13-2-1-12(16(21)7-13)10-25-18(9-24-6-5-23-11-24)15-4-3-14(20)8-17(15)22;1-8(2)3-4-10(17)9-7-13(20)14-11(18)5-6-12(19)15(14)16(9)21/h13-14,16-18,22H,4-12H2,1-3H3,(H,28,29);1-8,11,18H,9-10H2;3,5-7,10,17-19H,4H2,1-2H3/t13-,14+,16-,17+,18+,22+,23+,24-;;10-/m1.0/s1. The minimum Gasteiger partial charge on any atom is -0.507 e. The molecular weight excluding hydrogens is 1040 g/mol. The van der Waals surface area contributed by atoms with Gasteiger partial charge in [0.05, 0.1) is 36.7 Å². The summed E-state index contributed by atoms with van der Waals surface area (Å²) in [5.41, 5.74) is 1.53. The zero-order valence-electron chi connectivity index (χ0n) is 42.7. The normalized spacial score (nSPS) is 25.9. The van der Waals surface area contributed by atoms with E-state index in [1.807, 2.05) is 36.7 Å². The van der Waals surface area contributed by atoms with Crippen LogP contribution in [0, 0.1) is 46.3 Å². The van der Waals surface area contributed by atoms with Crippen LogP contribution < -0.4 is 0 Å². The predicted molar refractivity (Wildman–Crippen MR) is 286 cm³/mol. The van der Waals surface area contributed by atoms with Gasteiger partial charge in [0.1, 0.15) is 35.0 Å². The second-order valence-electron chi connectivity index (χ2n) is 21.5. The third-order valence-electron chi connectivity index (χ3n) is 16.7. The molecule has 3 aromatic carbocycles. The first-order valence-corrected chi connectivity index (χ1v) is 26.9. The number of benzene rings is 3. The van der Waals surface area contributed by atoms with Gasteiger partial charge in [-0.15, -0.1) is 0 Å². The van der Waals surface area contributed by atoms with Gasteiger partial charge in [-0.05, 0) is 129 Å². The Hall–Kier alpha value is -5.15. The van der Waals surface area contributed by atoms with Crippen LogP contribution in [0.1, 0.15) is 137 Å². The molecular formula is C58H64Cl4N2O11. The molecule has 0 bridgehead atoms. The number of rotatable bonds is 13. The lowest BCUT2D eigenvalue weighted by Crippen LogP contribution is -2.60. The van der Waals surface area contributed by atoms with E-state index < -0.39 is 29.1 Å². The number of ketones is 5. The maximum absolute atomic E-state index is 13.6. The molecule has 4 saturated carbocycles. The highest BCUT2D eigenvalue weighted by atomic mass is 35.5. The molecule has 13 nitrogen and oxygen atoms in total. The molecule has 400 valence electrons. The first-order chi connectivity index (χ1) is 35.4. The zero-order valence-corrected chi connectivity index (χ0v) is 45.7. The Balaban J connectivity index is 0.000000166. The van der Waals surface area contributed by atoms with Crippen molar-refractivity contribution in [1.29, 1.82) is 0 Å². The van der Waals surface area contributed by atoms with Crippen molar-refractivity contribution >= 4 is 81.3 Å². The van der Waals surface area contributed by atoms with Crippen molar-refractivity contribution in [3.05, 3.63) is 133 Å². The monoisotopic (exact) mass is 1100 g/mol. The van der Waals surface area contributed by atoms with Gasteiger partial charge in [-0.3, -0.25) is 28.8 Å². The number of imidazole rings is 1. The predicted octanol–water partition coefficient (Wildman–Crippen LogP) is 12.6. The number of aliphatic hydroxyl groups is 1. The molecule has 0 aliphatic heterocycles. The number of phenols is 2. The second kappa shape index (κ2) is 24.0. The average Bonchev–Trinajstić information content (AvgIpc) is 4.00. The Morgan fingerprint density at radius 3 is 2.21 bits per heavy atom. The van der Waals surface area contributed by atoms with Crippen LogP contribution in [-0.2, 0) is 37.1 Å². The van der Waals surface area contributed by atoms with Gasteiger partial charge < -0.3 is 29.7 Å². The fourth-order valence-electron chi connectivity index (χ4n) is 12.6. The van der Waals surface area contributed by atoms with E-state index in [1.165, 1.54) is 0 Å². The lowest BCUT2D eigenvalue weighted by Gasteiger charge is -2.58. The molecule has 5 aliphatic rings. The Morgan fingerprint density at radius 1 is 0.893 bits per heavy atom. The van der Waals surface area contributed by atoms with E-state index in [0.29, 0.717) is 65.3 Å². The van der Waals surface area contributed by atoms with Crippen molar-refractivity contribution in [3.63, 3.8) is 0 Å². The number of carbonyl (C=O) groups is 6. The average molecular weight is 1110 g/mol. The SMILES string of the molecule is CC(C)=CC[C@H](O)C1=CC(=O)c2c(O)ccc(O)c2C1=O.C[C@H](CCC(=O)O)[C@H]1CC[C@H]2[C@@H]3C(=O)C[C@@H]4CC(=O)CC[C@]4(C)[C@H]3CC(=O)[C@]12C.Clc1ccc(COC(Cn2ccnc2)c2ccc(Cl)cc2Cl)c(Cl)c1. The zero-order chi connectivity index (χ0) is 54.7. The number of aromatic nitrogens is 2. The largest absolute Gasteiger partial charge is 0.507 e. The summed E-state index contributed by atoms with van der Waals surface area (Å²) in [6, 6.07) is 13.0. The topological polar surface area (TPSA) is 210 Å². The molecule has 4 N–H and O–H groups in total. The molecule has 4 fully saturated rings. The number of allylic oxidation sites excluding steroid dienone is 2. The number of hydrogen-bond donors (Lipinski definition) is 4. The van der Waals surface area contributed by atoms with Crippen molar-refractivity contribution in [2.75, 3.05) is 0 Å². The molecule has 10 atom stereocenters. The van der Waals surface area contributed by atoms with Gasteiger partial charge in [0, 0.05) is 87.1 Å². The molecule has 0 amide bonds. The molecule has 5 aliphatic carbocycles. The highest BCUT2D eigenvalue weighted by Crippen LogP contribution is 2.66. The maximum atomic E-state index is 13.6. The number of nitrogens with zero attached hydrogens (tertiary/aromatic N) is 2. The highest BCUT2D eigenvalue weighted by molar-refractivity contribution is 6.35. The number of hydrogen-bond acceptors (Lipinski definition) is 11. The first kappa shape index (κ1) is 57.6. The summed E-state index contributed by atoms with van der Waals surface area (Å²) in [4.78, 5) is 78.4. The molecule has 0 spiro atoms. The number of fused-ring (bicyclic) bond motifs is 6. The number of carboxylic acids is 1. The van der Waals surface area contributed by atoms with E-state index in [-0.39, 0.29) is 105 Å². The second-order valence-corrected chi connectivity index (χ2v) is 23.2. The molecule has 17 heteroatoms. The Bertz CT molecular complexity index is 2910. The summed E-state index contributed by atoms with van der Waals surface area (Å²) in [5, 5.41) is 40.9. The van der Waals surface area contributed by atoms with E-state index in [0.717, 1.165) is 54.2 Å². The van der Waals surface area contributed by atoms with E-state index in [1.54, 1.807) is 42.9 Å². The Morgan fingerprint density at radius 2 is 1.57 bits per heavy atom. The first-order valence-electron chi connectivity index (χ1n) is 25.4. The van der Waals surface area contributed by atoms with Crippen molar-refractivity contribution in [2.24, 2.45) is 46.3 Å². The molecule has 0 saturated heterocycles. The Kier molecular flexibility index (Phi) is 18.4. The van der Waals surface area contributed by atoms with Gasteiger partial charge in [0.15, 0.2) is 11.6 Å². The van der Waals surface area contributed by atoms with Crippen molar-refractivity contribution in [1.82, 2.24) is 9.55 Å². The minimum absolute atomic E-state index is 0.0659. The van der Waals surface area contributed by atoms with Crippen LogP contribution in [0.3, 0.4) is 0 Å². The van der Waals surface area contributed by atoms with Gasteiger partial charge in [0.25, 0.3) is 0 Å². The fraction of sp³-hybridized carbons (Fsp3) is 0.466. The van der Waals surface area contributed by atoms with Crippen LogP contribution in [0.5, 0.6) is 11.5 Å². The number of phenolic OH excluding ortho intramolecular Hbond substituents is 2. The summed E-state index contributed by atoms with van der Waals surface area (Å²) in [6.07, 6.45) is 12.2. The molecule has 1 heterocycles. The number of aromatic hydroxyl groups is 2. The molecule has 0 radical (unpaired) electrons. The molecule has 1 aromatic heterocycles. The summed E-state index contributed by atoms with van der Waals surface area (Å²) in [5.74, 6) is -1.48. The number of Topliss-reactive ketones (excluding diaryl/α,β-unsaturated/α-hetero) is 4. The highest BCUT2D eigenvalue weighted by Gasteiger charge is 2.66. The van der Waals surface area contributed by atoms with Gasteiger partial charge in [-0.25, -0.2) is 4.98 Å². The number of carbonyl (C=O) groups excluding carboxylic acids is 5. The molecule has 9 rings (SSSR count). The molecule has 75 heavy (non-hydrogen) atoms. The van der Waals surface area contributed by atoms with E-state index >= 15 is 0 Å². The number of aliphatic hydroxyl groups excluding tert-OH is 1. The van der Waals surface area contributed by atoms with Crippen LogP contribution >= 0.6 is 46.4 Å². The van der Waals surface area contributed by atoms with Crippen molar-refractivity contribution in [2.45, 2.75) is 124 Å². The van der Waals surface area contributed by atoms with E-state index in [4.69, 9.17) is 56.2 Å². The number of halogens is 4. The molecule has 4 aromatic rings. The lowest BCUT2D eigenvalue weighted by molar-refractivity contribution is -0.166. The number of aliphatic carboxylic acids is 1. The number of ether oxygens (including phenoxy) is 1. The third kappa shape index (κ3) is 12.5. The maximum Gasteiger partial charge on any atom is 0.303 e. The van der Waals surface area contributed by atoms with Crippen molar-refractivity contribution < 1.29 is 53.9 Å². The van der Waals surface area contributed by atoms with E-state index in [9.17, 15) is 44.1 Å². The van der Waals surface area contributed by atoms with Crippen LogP contribution in [0.2, 0.25) is 20.1 Å².